The molecule has 0 rings (SSSR count). The first-order chi connectivity index (χ1) is 2.83. The summed E-state index contributed by atoms with van der Waals surface area (Å²) in [5, 5.41) is 0. The largest absolute Gasteiger partial charge is 0.234 e. The van der Waals surface area contributed by atoms with Crippen molar-refractivity contribution in [1.82, 2.24) is 0 Å². The van der Waals surface area contributed by atoms with E-state index in [4.69, 9.17) is 9.59 Å². The first-order valence-corrected chi connectivity index (χ1v) is 1.12. The molecule has 0 aliphatic heterocycles. The van der Waals surface area contributed by atoms with Crippen molar-refractivity contribution in [3.8, 4) is 0 Å². The third kappa shape index (κ3) is 8970. The van der Waals surface area contributed by atoms with E-state index < -0.39 is 0 Å². The molecule has 0 heterocycles. The Morgan fingerprint density at radius 2 is 1.00 bits per heavy atom. The van der Waals surface area contributed by atoms with Gasteiger partial charge < -0.3 is 0 Å². The quantitative estimate of drug-likeness (QED) is 0.312. The molecule has 0 fully saturated rings. The molecule has 0 aromatic heterocycles. The summed E-state index contributed by atoms with van der Waals surface area (Å²) in [5.74, 6) is 2.50. The van der Waals surface area contributed by atoms with Gasteiger partial charge >= 0.3 is 0 Å². The predicted molar refractivity (Wildman–Crippen MR) is 28.4 cm³/mol. The summed E-state index contributed by atoms with van der Waals surface area (Å²) in [6.45, 7) is 5.36. The Bertz CT molecular complexity index is 63.7. The van der Waals surface area contributed by atoms with Crippen LogP contribution in [0.4, 0.5) is 0 Å². The average molecular weight is 107 g/mol. The van der Waals surface area contributed by atoms with E-state index in [1.54, 1.807) is 0 Å². The van der Waals surface area contributed by atoms with Crippen LogP contribution in [0, 0.1) is 0 Å². The first-order valence-electron chi connectivity index (χ1n) is 1.12. The first kappa shape index (κ1) is 15.8. The smallest absolute Gasteiger partial charge is 0.116 e. The van der Waals surface area contributed by atoms with Crippen LogP contribution in [-0.2, 0) is 9.59 Å². The van der Waals surface area contributed by atoms with E-state index in [0.29, 0.717) is 0 Å². The second-order valence-corrected chi connectivity index (χ2v) is 0.289. The van der Waals surface area contributed by atoms with E-state index in [1.807, 2.05) is 0 Å². The molecular weight excluding hydrogens is 103 g/mol. The molecule has 0 aromatic carbocycles. The van der Waals surface area contributed by atoms with Crippen molar-refractivity contribution < 1.29 is 9.59 Å². The zero-order chi connectivity index (χ0) is 5.41. The third-order valence-electron chi connectivity index (χ3n) is 0. The Morgan fingerprint density at radius 1 is 1.00 bits per heavy atom. The Labute approximate surface area is 64.2 Å². The SMILES string of the molecule is C=C=O.C=C=O.[Na]. The van der Waals surface area contributed by atoms with Crippen molar-refractivity contribution in [3.63, 3.8) is 0 Å². The Morgan fingerprint density at radius 3 is 1.00 bits per heavy atom. The van der Waals surface area contributed by atoms with E-state index in [2.05, 4.69) is 13.2 Å². The second-order valence-electron chi connectivity index (χ2n) is 0.289. The molecule has 0 aliphatic carbocycles. The summed E-state index contributed by atoms with van der Waals surface area (Å²) in [5.41, 5.74) is 0. The Balaban J connectivity index is -0.0000000400. The molecular formula is C4H4NaO2. The minimum absolute atomic E-state index is 0. The minimum Gasteiger partial charge on any atom is -0.234 e. The maximum absolute atomic E-state index is 8.57. The molecule has 33 valence electrons. The fourth-order valence-electron chi connectivity index (χ4n) is 0. The van der Waals surface area contributed by atoms with Gasteiger partial charge in [0.1, 0.15) is 11.9 Å². The van der Waals surface area contributed by atoms with Crippen molar-refractivity contribution in [2.45, 2.75) is 0 Å². The molecule has 0 saturated carbocycles. The number of carbonyl (C=O) groups excluding carboxylic acids is 2. The average Bonchev–Trinajstić information content (AvgIpc) is 1.39. The molecule has 0 saturated heterocycles. The van der Waals surface area contributed by atoms with Gasteiger partial charge in [-0.2, -0.15) is 0 Å². The van der Waals surface area contributed by atoms with Gasteiger partial charge in [-0.05, 0) is 13.2 Å². The van der Waals surface area contributed by atoms with Crippen molar-refractivity contribution in [2.75, 3.05) is 0 Å². The molecule has 0 unspecified atom stereocenters. The van der Waals surface area contributed by atoms with Crippen LogP contribution in [-0.4, -0.2) is 41.4 Å². The van der Waals surface area contributed by atoms with Crippen LogP contribution in [0.1, 0.15) is 0 Å². The van der Waals surface area contributed by atoms with E-state index in [0.717, 1.165) is 0 Å². The number of hydrogen-bond acceptors (Lipinski definition) is 2. The van der Waals surface area contributed by atoms with Crippen molar-refractivity contribution in [2.24, 2.45) is 0 Å². The van der Waals surface area contributed by atoms with Crippen molar-refractivity contribution in [1.29, 1.82) is 0 Å². The molecule has 3 heteroatoms. The summed E-state index contributed by atoms with van der Waals surface area (Å²) in [6.07, 6.45) is 0. The van der Waals surface area contributed by atoms with E-state index in [9.17, 15) is 0 Å². The van der Waals surface area contributed by atoms with Gasteiger partial charge in [0.15, 0.2) is 0 Å². The van der Waals surface area contributed by atoms with Gasteiger partial charge in [0, 0.05) is 29.6 Å². The van der Waals surface area contributed by atoms with Gasteiger partial charge in [-0.3, -0.25) is 0 Å². The van der Waals surface area contributed by atoms with Gasteiger partial charge in [-0.1, -0.05) is 0 Å². The van der Waals surface area contributed by atoms with Crippen LogP contribution < -0.4 is 0 Å². The normalized spacial score (nSPS) is 2.29. The summed E-state index contributed by atoms with van der Waals surface area (Å²) < 4.78 is 0. The van der Waals surface area contributed by atoms with Gasteiger partial charge in [-0.25, -0.2) is 9.59 Å². The summed E-state index contributed by atoms with van der Waals surface area (Å²) in [6, 6.07) is 0. The molecule has 2 nitrogen and oxygen atoms in total. The molecule has 0 spiro atoms. The van der Waals surface area contributed by atoms with Crippen LogP contribution in [0.3, 0.4) is 0 Å². The zero-order valence-corrected chi connectivity index (χ0v) is 6.23. The van der Waals surface area contributed by atoms with Gasteiger partial charge in [0.05, 0.1) is 0 Å². The zero-order valence-electron chi connectivity index (χ0n) is 4.23. The van der Waals surface area contributed by atoms with E-state index in [1.165, 1.54) is 11.9 Å². The fraction of sp³-hybridized carbons (Fsp3) is 0. The summed E-state index contributed by atoms with van der Waals surface area (Å²) in [7, 11) is 0. The van der Waals surface area contributed by atoms with Gasteiger partial charge in [0.25, 0.3) is 0 Å². The molecule has 0 atom stereocenters. The van der Waals surface area contributed by atoms with Gasteiger partial charge in [0.2, 0.25) is 0 Å². The standard InChI is InChI=1S/2C2H2O.Na/c2*1-2-3;/h2*1H2;. The molecule has 0 N–H and O–H groups in total. The van der Waals surface area contributed by atoms with Crippen LogP contribution in [0.5, 0.6) is 0 Å². The molecule has 0 aliphatic rings. The topological polar surface area (TPSA) is 34.1 Å². The maximum atomic E-state index is 8.57. The minimum atomic E-state index is 0. The maximum Gasteiger partial charge on any atom is 0.116 e. The van der Waals surface area contributed by atoms with E-state index >= 15 is 0 Å². The molecule has 0 bridgehead atoms. The van der Waals surface area contributed by atoms with Crippen LogP contribution >= 0.6 is 0 Å². The Hall–Kier alpha value is -0.100. The molecule has 0 amide bonds. The Kier molecular flexibility index (Phi) is 88.5. The predicted octanol–water partition coefficient (Wildman–Crippen LogP) is -0.373. The third-order valence-corrected chi connectivity index (χ3v) is 0. The van der Waals surface area contributed by atoms with Crippen molar-refractivity contribution >= 4 is 41.4 Å². The van der Waals surface area contributed by atoms with Crippen LogP contribution in [0.2, 0.25) is 0 Å². The van der Waals surface area contributed by atoms with Crippen molar-refractivity contribution in [3.05, 3.63) is 13.2 Å². The molecule has 1 radical (unpaired) electrons. The summed E-state index contributed by atoms with van der Waals surface area (Å²) in [4.78, 5) is 17.1. The van der Waals surface area contributed by atoms with Crippen LogP contribution in [0.25, 0.3) is 0 Å². The molecule has 0 aromatic rings. The van der Waals surface area contributed by atoms with Crippen LogP contribution in [0.15, 0.2) is 13.2 Å². The second kappa shape index (κ2) is 39.2. The van der Waals surface area contributed by atoms with E-state index in [-0.39, 0.29) is 29.6 Å². The monoisotopic (exact) mass is 107 g/mol. The van der Waals surface area contributed by atoms with Gasteiger partial charge in [-0.15, -0.1) is 0 Å². The fourth-order valence-corrected chi connectivity index (χ4v) is 0. The molecule has 7 heavy (non-hydrogen) atoms. The number of hydrogen-bond donors (Lipinski definition) is 0. The summed E-state index contributed by atoms with van der Waals surface area (Å²) >= 11 is 0. The number of rotatable bonds is 0.